The summed E-state index contributed by atoms with van der Waals surface area (Å²) in [6.45, 7) is 7.12. The molecular formula is C13H19F2NO2S. The van der Waals surface area contributed by atoms with Gasteiger partial charge in [-0.15, -0.1) is 0 Å². The van der Waals surface area contributed by atoms with Crippen LogP contribution in [0.4, 0.5) is 8.78 Å². The monoisotopic (exact) mass is 291 g/mol. The Morgan fingerprint density at radius 1 is 1.32 bits per heavy atom. The molecule has 1 aromatic rings. The van der Waals surface area contributed by atoms with E-state index in [1.54, 1.807) is 6.92 Å². The number of ether oxygens (including phenoxy) is 1. The molecule has 0 fully saturated rings. The van der Waals surface area contributed by atoms with E-state index in [-0.39, 0.29) is 5.75 Å². The number of methoxy groups -OCH3 is 1. The van der Waals surface area contributed by atoms with E-state index in [0.29, 0.717) is 5.56 Å². The van der Waals surface area contributed by atoms with Crippen LogP contribution in [0.3, 0.4) is 0 Å². The molecule has 0 aliphatic rings. The van der Waals surface area contributed by atoms with Crippen molar-refractivity contribution in [3.8, 4) is 5.75 Å². The van der Waals surface area contributed by atoms with E-state index < -0.39 is 33.4 Å². The summed E-state index contributed by atoms with van der Waals surface area (Å²) in [5.41, 5.74) is 0.303. The lowest BCUT2D eigenvalue weighted by molar-refractivity contribution is 0.374. The molecule has 0 aliphatic carbocycles. The smallest absolute Gasteiger partial charge is 0.168 e. The van der Waals surface area contributed by atoms with E-state index in [0.717, 1.165) is 6.07 Å². The zero-order chi connectivity index (χ0) is 14.8. The largest absolute Gasteiger partial charge is 0.493 e. The molecule has 0 amide bonds. The van der Waals surface area contributed by atoms with Gasteiger partial charge in [0.05, 0.1) is 22.8 Å². The Balaban J connectivity index is 3.06. The van der Waals surface area contributed by atoms with Crippen LogP contribution in [-0.2, 0) is 11.0 Å². The first-order valence-corrected chi connectivity index (χ1v) is 7.02. The van der Waals surface area contributed by atoms with E-state index >= 15 is 0 Å². The van der Waals surface area contributed by atoms with Gasteiger partial charge in [0.25, 0.3) is 0 Å². The second-order valence-electron chi connectivity index (χ2n) is 5.23. The number of hydrogen-bond donors (Lipinski definition) is 1. The fraction of sp³-hybridized carbons (Fsp3) is 0.538. The highest BCUT2D eigenvalue weighted by Gasteiger charge is 2.24. The number of rotatable bonds is 4. The topological polar surface area (TPSA) is 38.3 Å². The third-order valence-corrected chi connectivity index (χ3v) is 4.23. The molecule has 2 atom stereocenters. The van der Waals surface area contributed by atoms with Crippen LogP contribution in [0, 0.1) is 11.6 Å². The van der Waals surface area contributed by atoms with Crippen molar-refractivity contribution < 1.29 is 17.7 Å². The molecule has 0 saturated heterocycles. The molecule has 108 valence electrons. The molecule has 1 aromatic carbocycles. The third kappa shape index (κ3) is 3.98. The minimum absolute atomic E-state index is 0.0349. The minimum atomic E-state index is -1.34. The molecule has 6 heteroatoms. The van der Waals surface area contributed by atoms with Gasteiger partial charge in [-0.25, -0.2) is 17.7 Å². The van der Waals surface area contributed by atoms with Crippen molar-refractivity contribution >= 4 is 11.0 Å². The summed E-state index contributed by atoms with van der Waals surface area (Å²) in [7, 11) is -0.0291. The van der Waals surface area contributed by atoms with E-state index in [1.165, 1.54) is 13.2 Å². The Morgan fingerprint density at radius 3 is 2.37 bits per heavy atom. The van der Waals surface area contributed by atoms with Crippen molar-refractivity contribution in [2.45, 2.75) is 38.5 Å². The Kier molecular flexibility index (Phi) is 5.04. The average molecular weight is 291 g/mol. The Bertz CT molecular complexity index is 486. The quantitative estimate of drug-likeness (QED) is 0.926. The van der Waals surface area contributed by atoms with Crippen LogP contribution in [0.2, 0.25) is 0 Å². The molecular weight excluding hydrogens is 272 g/mol. The molecule has 19 heavy (non-hydrogen) atoms. The van der Waals surface area contributed by atoms with Crippen molar-refractivity contribution in [1.82, 2.24) is 4.72 Å². The zero-order valence-corrected chi connectivity index (χ0v) is 12.5. The normalized spacial score (nSPS) is 15.1. The van der Waals surface area contributed by atoms with Crippen LogP contribution in [0.15, 0.2) is 12.1 Å². The maximum Gasteiger partial charge on any atom is 0.168 e. The molecule has 0 aromatic heterocycles. The first-order chi connectivity index (χ1) is 8.66. The van der Waals surface area contributed by atoms with Crippen molar-refractivity contribution in [1.29, 1.82) is 0 Å². The second-order valence-corrected chi connectivity index (χ2v) is 7.23. The van der Waals surface area contributed by atoms with E-state index in [1.807, 2.05) is 20.8 Å². The molecule has 3 nitrogen and oxygen atoms in total. The van der Waals surface area contributed by atoms with Gasteiger partial charge in [-0.2, -0.15) is 0 Å². The lowest BCUT2D eigenvalue weighted by Gasteiger charge is -2.23. The highest BCUT2D eigenvalue weighted by atomic mass is 32.2. The molecule has 0 radical (unpaired) electrons. The number of nitrogens with one attached hydrogen (secondary N) is 1. The number of benzene rings is 1. The van der Waals surface area contributed by atoms with Crippen LogP contribution in [0.5, 0.6) is 5.75 Å². The number of hydrogen-bond acceptors (Lipinski definition) is 2. The van der Waals surface area contributed by atoms with E-state index in [4.69, 9.17) is 4.74 Å². The van der Waals surface area contributed by atoms with Crippen LogP contribution in [0.1, 0.15) is 39.3 Å². The van der Waals surface area contributed by atoms with Crippen molar-refractivity contribution in [3.05, 3.63) is 29.3 Å². The second kappa shape index (κ2) is 5.96. The fourth-order valence-electron chi connectivity index (χ4n) is 1.52. The standard InChI is InChI=1S/C13H19F2NO2S/c1-8(16-19(17)13(2,3)4)10-6-9(14)7-11(15)12(10)18-5/h6-8,16H,1-5H3/t8-,19?/m0/s1. The molecule has 1 rings (SSSR count). The molecule has 0 aliphatic heterocycles. The van der Waals surface area contributed by atoms with Gasteiger partial charge in [0.2, 0.25) is 0 Å². The summed E-state index contributed by atoms with van der Waals surface area (Å²) < 4.78 is 46.1. The van der Waals surface area contributed by atoms with Crippen molar-refractivity contribution in [2.24, 2.45) is 0 Å². The Hall–Kier alpha value is -1.01. The van der Waals surface area contributed by atoms with Crippen LogP contribution < -0.4 is 9.46 Å². The van der Waals surface area contributed by atoms with Crippen LogP contribution >= 0.6 is 0 Å². The first-order valence-electron chi connectivity index (χ1n) is 5.87. The molecule has 0 bridgehead atoms. The SMILES string of the molecule is COc1c(F)cc(F)cc1[C@H](C)NS(=O)C(C)(C)C. The fourth-order valence-corrected chi connectivity index (χ4v) is 2.32. The summed E-state index contributed by atoms with van der Waals surface area (Å²) >= 11 is 0. The van der Waals surface area contributed by atoms with Gasteiger partial charge >= 0.3 is 0 Å². The highest BCUT2D eigenvalue weighted by molar-refractivity contribution is 7.84. The van der Waals surface area contributed by atoms with Gasteiger partial charge in [0, 0.05) is 17.7 Å². The van der Waals surface area contributed by atoms with Gasteiger partial charge in [0.1, 0.15) is 5.82 Å². The summed E-state index contributed by atoms with van der Waals surface area (Å²) in [5.74, 6) is -1.50. The van der Waals surface area contributed by atoms with Gasteiger partial charge in [-0.05, 0) is 33.8 Å². The Labute approximate surface area is 114 Å². The number of halogens is 2. The maximum atomic E-state index is 13.6. The third-order valence-electron chi connectivity index (χ3n) is 2.55. The highest BCUT2D eigenvalue weighted by Crippen LogP contribution is 2.30. The zero-order valence-electron chi connectivity index (χ0n) is 11.7. The average Bonchev–Trinajstić information content (AvgIpc) is 2.26. The summed E-state index contributed by atoms with van der Waals surface area (Å²) in [6.07, 6.45) is 0. The van der Waals surface area contributed by atoms with Crippen LogP contribution in [0.25, 0.3) is 0 Å². The van der Waals surface area contributed by atoms with Gasteiger partial charge < -0.3 is 4.74 Å². The summed E-state index contributed by atoms with van der Waals surface area (Å²) in [5, 5.41) is 0. The molecule has 0 spiro atoms. The van der Waals surface area contributed by atoms with Crippen LogP contribution in [-0.4, -0.2) is 16.1 Å². The van der Waals surface area contributed by atoms with Gasteiger partial charge in [0.15, 0.2) is 11.6 Å². The van der Waals surface area contributed by atoms with Gasteiger partial charge in [-0.1, -0.05) is 0 Å². The van der Waals surface area contributed by atoms with Crippen molar-refractivity contribution in [2.75, 3.05) is 7.11 Å². The summed E-state index contributed by atoms with van der Waals surface area (Å²) in [6, 6.07) is 1.44. The predicted molar refractivity (Wildman–Crippen MR) is 72.4 cm³/mol. The van der Waals surface area contributed by atoms with Crippen molar-refractivity contribution in [3.63, 3.8) is 0 Å². The predicted octanol–water partition coefficient (Wildman–Crippen LogP) is 3.09. The first kappa shape index (κ1) is 16.0. The van der Waals surface area contributed by atoms with E-state index in [9.17, 15) is 13.0 Å². The minimum Gasteiger partial charge on any atom is -0.493 e. The molecule has 0 saturated carbocycles. The summed E-state index contributed by atoms with van der Waals surface area (Å²) in [4.78, 5) is 0. The lowest BCUT2D eigenvalue weighted by atomic mass is 10.1. The molecule has 0 heterocycles. The van der Waals surface area contributed by atoms with E-state index in [2.05, 4.69) is 4.72 Å². The Morgan fingerprint density at radius 2 is 1.89 bits per heavy atom. The molecule has 1 unspecified atom stereocenters. The molecule has 1 N–H and O–H groups in total. The lowest BCUT2D eigenvalue weighted by Crippen LogP contribution is -2.35. The maximum absolute atomic E-state index is 13.6. The van der Waals surface area contributed by atoms with Gasteiger partial charge in [-0.3, -0.25) is 0 Å².